The van der Waals surface area contributed by atoms with E-state index in [0.29, 0.717) is 12.0 Å². The quantitative estimate of drug-likeness (QED) is 0.776. The summed E-state index contributed by atoms with van der Waals surface area (Å²) in [5, 5.41) is 12.0. The Kier molecular flexibility index (Phi) is 3.91. The molecule has 2 unspecified atom stereocenters. The first kappa shape index (κ1) is 11.8. The number of aryl methyl sites for hydroxylation is 1. The molecule has 0 aromatic carbocycles. The SMILES string of the molecule is CC(O)CC(C)NC(=O)c1ccn(C)c1. The maximum atomic E-state index is 11.6. The van der Waals surface area contributed by atoms with E-state index >= 15 is 0 Å². The van der Waals surface area contributed by atoms with E-state index in [2.05, 4.69) is 5.32 Å². The lowest BCUT2D eigenvalue weighted by atomic mass is 10.1. The fraction of sp³-hybridized carbons (Fsp3) is 0.545. The van der Waals surface area contributed by atoms with E-state index < -0.39 is 6.10 Å². The molecule has 0 saturated carbocycles. The molecule has 0 radical (unpaired) electrons. The van der Waals surface area contributed by atoms with Crippen LogP contribution in [0.5, 0.6) is 0 Å². The minimum absolute atomic E-state index is 0.0160. The topological polar surface area (TPSA) is 54.3 Å². The van der Waals surface area contributed by atoms with Gasteiger partial charge in [0.2, 0.25) is 0 Å². The number of carbonyl (C=O) groups excluding carboxylic acids is 1. The van der Waals surface area contributed by atoms with E-state index in [1.807, 2.05) is 24.7 Å². The van der Waals surface area contributed by atoms with Gasteiger partial charge >= 0.3 is 0 Å². The lowest BCUT2D eigenvalue weighted by Gasteiger charge is -2.14. The van der Waals surface area contributed by atoms with E-state index in [1.54, 1.807) is 19.2 Å². The third-order valence-electron chi connectivity index (χ3n) is 2.17. The minimum atomic E-state index is -0.393. The van der Waals surface area contributed by atoms with Crippen LogP contribution in [0.15, 0.2) is 18.5 Å². The first-order valence-electron chi connectivity index (χ1n) is 5.10. The fourth-order valence-electron chi connectivity index (χ4n) is 1.52. The summed E-state index contributed by atoms with van der Waals surface area (Å²) in [6, 6.07) is 1.75. The second-order valence-corrected chi connectivity index (χ2v) is 4.02. The standard InChI is InChI=1S/C11H18N2O2/c1-8(6-9(2)14)12-11(15)10-4-5-13(3)7-10/h4-5,7-9,14H,6H2,1-3H3,(H,12,15). The Balaban J connectivity index is 2.49. The van der Waals surface area contributed by atoms with Crippen LogP contribution in [0.4, 0.5) is 0 Å². The molecule has 0 aliphatic carbocycles. The summed E-state index contributed by atoms with van der Waals surface area (Å²) in [6.07, 6.45) is 3.77. The Morgan fingerprint density at radius 1 is 1.60 bits per heavy atom. The predicted octanol–water partition coefficient (Wildman–Crippen LogP) is 0.914. The highest BCUT2D eigenvalue weighted by molar-refractivity contribution is 5.94. The summed E-state index contributed by atoms with van der Waals surface area (Å²) in [4.78, 5) is 11.6. The van der Waals surface area contributed by atoms with Crippen LogP contribution in [0.25, 0.3) is 0 Å². The van der Waals surface area contributed by atoms with Crippen molar-refractivity contribution >= 4 is 5.91 Å². The van der Waals surface area contributed by atoms with Crippen molar-refractivity contribution < 1.29 is 9.90 Å². The first-order chi connectivity index (χ1) is 6.99. The molecule has 15 heavy (non-hydrogen) atoms. The van der Waals surface area contributed by atoms with Gasteiger partial charge in [0, 0.05) is 25.5 Å². The molecule has 0 saturated heterocycles. The van der Waals surface area contributed by atoms with Gasteiger partial charge in [0.25, 0.3) is 5.91 Å². The number of nitrogens with one attached hydrogen (secondary N) is 1. The molecule has 2 atom stereocenters. The highest BCUT2D eigenvalue weighted by Crippen LogP contribution is 2.02. The summed E-state index contributed by atoms with van der Waals surface area (Å²) < 4.78 is 1.83. The van der Waals surface area contributed by atoms with Gasteiger partial charge in [-0.25, -0.2) is 0 Å². The number of aliphatic hydroxyl groups excluding tert-OH is 1. The smallest absolute Gasteiger partial charge is 0.253 e. The van der Waals surface area contributed by atoms with Crippen LogP contribution in [0.3, 0.4) is 0 Å². The summed E-state index contributed by atoms with van der Waals surface area (Å²) in [5.74, 6) is -0.0937. The van der Waals surface area contributed by atoms with E-state index in [1.165, 1.54) is 0 Å². The zero-order valence-corrected chi connectivity index (χ0v) is 9.40. The first-order valence-corrected chi connectivity index (χ1v) is 5.10. The van der Waals surface area contributed by atoms with Gasteiger partial charge in [-0.1, -0.05) is 0 Å². The Morgan fingerprint density at radius 3 is 2.73 bits per heavy atom. The molecule has 4 heteroatoms. The summed E-state index contributed by atoms with van der Waals surface area (Å²) in [5.41, 5.74) is 0.648. The van der Waals surface area contributed by atoms with Crippen molar-refractivity contribution in [3.8, 4) is 0 Å². The number of carbonyl (C=O) groups is 1. The molecule has 0 aliphatic rings. The second-order valence-electron chi connectivity index (χ2n) is 4.02. The molecule has 1 amide bonds. The van der Waals surface area contributed by atoms with Gasteiger partial charge < -0.3 is 15.0 Å². The van der Waals surface area contributed by atoms with Crippen LogP contribution in [-0.4, -0.2) is 27.7 Å². The largest absolute Gasteiger partial charge is 0.393 e. The average Bonchev–Trinajstić information content (AvgIpc) is 2.49. The molecule has 0 fully saturated rings. The van der Waals surface area contributed by atoms with Gasteiger partial charge in [0.05, 0.1) is 11.7 Å². The molecule has 0 bridgehead atoms. The summed E-state index contributed by atoms with van der Waals surface area (Å²) in [6.45, 7) is 3.60. The van der Waals surface area contributed by atoms with Crippen LogP contribution >= 0.6 is 0 Å². The third-order valence-corrected chi connectivity index (χ3v) is 2.17. The number of hydrogen-bond donors (Lipinski definition) is 2. The molecule has 1 aromatic heterocycles. The van der Waals surface area contributed by atoms with E-state index in [4.69, 9.17) is 5.11 Å². The number of amides is 1. The molecule has 1 rings (SSSR count). The van der Waals surface area contributed by atoms with Crippen molar-refractivity contribution in [2.45, 2.75) is 32.4 Å². The summed E-state index contributed by atoms with van der Waals surface area (Å²) in [7, 11) is 1.87. The number of aromatic nitrogens is 1. The molecule has 1 heterocycles. The van der Waals surface area contributed by atoms with Crippen LogP contribution in [-0.2, 0) is 7.05 Å². The van der Waals surface area contributed by atoms with Gasteiger partial charge in [-0.2, -0.15) is 0 Å². The fourth-order valence-corrected chi connectivity index (χ4v) is 1.52. The van der Waals surface area contributed by atoms with Crippen LogP contribution in [0, 0.1) is 0 Å². The highest BCUT2D eigenvalue weighted by atomic mass is 16.3. The second kappa shape index (κ2) is 4.98. The zero-order chi connectivity index (χ0) is 11.4. The maximum absolute atomic E-state index is 11.6. The normalized spacial score (nSPS) is 14.7. The van der Waals surface area contributed by atoms with Crippen molar-refractivity contribution in [1.29, 1.82) is 0 Å². The van der Waals surface area contributed by atoms with Crippen molar-refractivity contribution in [1.82, 2.24) is 9.88 Å². The molecule has 0 aliphatic heterocycles. The van der Waals surface area contributed by atoms with Crippen LogP contribution < -0.4 is 5.32 Å². The Morgan fingerprint density at radius 2 is 2.27 bits per heavy atom. The summed E-state index contributed by atoms with van der Waals surface area (Å²) >= 11 is 0. The Labute approximate surface area is 89.9 Å². The highest BCUT2D eigenvalue weighted by Gasteiger charge is 2.11. The van der Waals surface area contributed by atoms with Gasteiger partial charge in [0.1, 0.15) is 0 Å². The molecule has 2 N–H and O–H groups in total. The molecular formula is C11H18N2O2. The maximum Gasteiger partial charge on any atom is 0.253 e. The van der Waals surface area contributed by atoms with Crippen LogP contribution in [0.1, 0.15) is 30.6 Å². The number of hydrogen-bond acceptors (Lipinski definition) is 2. The van der Waals surface area contributed by atoms with E-state index in [9.17, 15) is 4.79 Å². The number of rotatable bonds is 4. The van der Waals surface area contributed by atoms with Gasteiger partial charge in [-0.15, -0.1) is 0 Å². The Bertz CT molecular complexity index is 331. The molecule has 1 aromatic rings. The van der Waals surface area contributed by atoms with Crippen molar-refractivity contribution in [3.63, 3.8) is 0 Å². The lowest BCUT2D eigenvalue weighted by molar-refractivity contribution is 0.0923. The van der Waals surface area contributed by atoms with Crippen molar-refractivity contribution in [3.05, 3.63) is 24.0 Å². The van der Waals surface area contributed by atoms with Crippen molar-refractivity contribution in [2.24, 2.45) is 7.05 Å². The molecule has 84 valence electrons. The van der Waals surface area contributed by atoms with Gasteiger partial charge in [-0.05, 0) is 26.3 Å². The monoisotopic (exact) mass is 210 g/mol. The van der Waals surface area contributed by atoms with E-state index in [-0.39, 0.29) is 11.9 Å². The zero-order valence-electron chi connectivity index (χ0n) is 9.40. The van der Waals surface area contributed by atoms with E-state index in [0.717, 1.165) is 0 Å². The third kappa shape index (κ3) is 3.75. The number of nitrogens with zero attached hydrogens (tertiary/aromatic N) is 1. The molecule has 0 spiro atoms. The van der Waals surface area contributed by atoms with Crippen molar-refractivity contribution in [2.75, 3.05) is 0 Å². The molecular weight excluding hydrogens is 192 g/mol. The minimum Gasteiger partial charge on any atom is -0.393 e. The number of aliphatic hydroxyl groups is 1. The lowest BCUT2D eigenvalue weighted by Crippen LogP contribution is -2.34. The van der Waals surface area contributed by atoms with Crippen LogP contribution in [0.2, 0.25) is 0 Å². The molecule has 4 nitrogen and oxygen atoms in total. The predicted molar refractivity (Wildman–Crippen MR) is 58.6 cm³/mol. The van der Waals surface area contributed by atoms with Gasteiger partial charge in [0.15, 0.2) is 0 Å². The Hall–Kier alpha value is -1.29. The van der Waals surface area contributed by atoms with Gasteiger partial charge in [-0.3, -0.25) is 4.79 Å². The average molecular weight is 210 g/mol.